The van der Waals surface area contributed by atoms with Crippen LogP contribution < -0.4 is 15.1 Å². The average molecular weight is 502 g/mol. The zero-order valence-corrected chi connectivity index (χ0v) is 21.8. The molecule has 3 aromatic rings. The van der Waals surface area contributed by atoms with Crippen LogP contribution in [-0.2, 0) is 4.79 Å². The summed E-state index contributed by atoms with van der Waals surface area (Å²) in [7, 11) is 4.19. The molecule has 4 heterocycles. The van der Waals surface area contributed by atoms with Crippen molar-refractivity contribution in [3.63, 3.8) is 0 Å². The standard InChI is InChI=1S/C27H35N9O/c1-19-10-13-36(24(37)8-11-28)18-23(19)34(3)26-22-9-12-29-25(22)31-27(32-26)30-20-4-6-21(7-5-20)35-16-14-33(2)15-17-35/h4-7,9,12,19,23H,8,10,13-18H2,1-3H3,(H2,29,30,31,32)/t19-,23+/m1/s1. The molecule has 0 spiro atoms. The number of piperidine rings is 1. The van der Waals surface area contributed by atoms with Crippen LogP contribution in [-0.4, -0.2) is 90.1 Å². The summed E-state index contributed by atoms with van der Waals surface area (Å²) < 4.78 is 0. The second kappa shape index (κ2) is 10.6. The number of aromatic nitrogens is 3. The lowest BCUT2D eigenvalue weighted by Gasteiger charge is -2.42. The fourth-order valence-electron chi connectivity index (χ4n) is 5.32. The molecule has 0 radical (unpaired) electrons. The summed E-state index contributed by atoms with van der Waals surface area (Å²) in [5.74, 6) is 1.60. The van der Waals surface area contributed by atoms with Crippen molar-refractivity contribution >= 4 is 40.1 Å². The first-order valence-electron chi connectivity index (χ1n) is 13.0. The smallest absolute Gasteiger partial charge is 0.236 e. The molecule has 1 aromatic carbocycles. The van der Waals surface area contributed by atoms with Gasteiger partial charge >= 0.3 is 0 Å². The first kappa shape index (κ1) is 24.8. The SMILES string of the molecule is C[C@@H]1CCN(C(=O)CC#N)C[C@@H]1N(C)c1nc(Nc2ccc(N3CCN(C)CC3)cc2)nc2[nH]ccc12. The summed E-state index contributed by atoms with van der Waals surface area (Å²) >= 11 is 0. The van der Waals surface area contributed by atoms with Crippen molar-refractivity contribution in [1.82, 2.24) is 24.8 Å². The quantitative estimate of drug-likeness (QED) is 0.531. The number of nitriles is 1. The Bertz CT molecular complexity index is 1270. The van der Waals surface area contributed by atoms with E-state index in [2.05, 4.69) is 63.2 Å². The number of fused-ring (bicyclic) bond motifs is 1. The van der Waals surface area contributed by atoms with Gasteiger partial charge in [0.15, 0.2) is 0 Å². The van der Waals surface area contributed by atoms with Crippen LogP contribution in [0.15, 0.2) is 36.5 Å². The fourth-order valence-corrected chi connectivity index (χ4v) is 5.32. The summed E-state index contributed by atoms with van der Waals surface area (Å²) in [5, 5.41) is 13.3. The third-order valence-corrected chi connectivity index (χ3v) is 7.72. The molecule has 194 valence electrons. The second-order valence-corrected chi connectivity index (χ2v) is 10.2. The molecule has 0 unspecified atom stereocenters. The van der Waals surface area contributed by atoms with E-state index in [4.69, 9.17) is 15.2 Å². The van der Waals surface area contributed by atoms with Crippen molar-refractivity contribution in [2.24, 2.45) is 5.92 Å². The number of anilines is 4. The van der Waals surface area contributed by atoms with E-state index in [-0.39, 0.29) is 18.4 Å². The minimum absolute atomic E-state index is 0.0813. The van der Waals surface area contributed by atoms with Gasteiger partial charge < -0.3 is 29.9 Å². The van der Waals surface area contributed by atoms with Crippen LogP contribution in [0.4, 0.5) is 23.1 Å². The van der Waals surface area contributed by atoms with E-state index in [0.29, 0.717) is 25.0 Å². The van der Waals surface area contributed by atoms with Crippen molar-refractivity contribution in [1.29, 1.82) is 5.26 Å². The predicted octanol–water partition coefficient (Wildman–Crippen LogP) is 3.04. The first-order chi connectivity index (χ1) is 17.9. The van der Waals surface area contributed by atoms with E-state index >= 15 is 0 Å². The molecule has 5 rings (SSSR count). The highest BCUT2D eigenvalue weighted by Crippen LogP contribution is 2.31. The Balaban J connectivity index is 1.36. The van der Waals surface area contributed by atoms with Crippen LogP contribution in [0.25, 0.3) is 11.0 Å². The first-order valence-corrected chi connectivity index (χ1v) is 13.0. The average Bonchev–Trinajstić information content (AvgIpc) is 3.38. The topological polar surface area (TPSA) is 107 Å². The molecular weight excluding hydrogens is 466 g/mol. The van der Waals surface area contributed by atoms with Crippen LogP contribution >= 0.6 is 0 Å². The molecule has 0 saturated carbocycles. The number of nitrogens with one attached hydrogen (secondary N) is 2. The molecule has 2 aliphatic heterocycles. The molecule has 0 bridgehead atoms. The number of amides is 1. The minimum atomic E-state index is -0.107. The molecule has 2 atom stereocenters. The Hall–Kier alpha value is -3.84. The Labute approximate surface area is 217 Å². The maximum absolute atomic E-state index is 12.4. The van der Waals surface area contributed by atoms with E-state index in [1.807, 2.05) is 25.4 Å². The van der Waals surface area contributed by atoms with Gasteiger partial charge in [-0.2, -0.15) is 15.2 Å². The lowest BCUT2D eigenvalue weighted by molar-refractivity contribution is -0.131. The molecule has 2 aromatic heterocycles. The van der Waals surface area contributed by atoms with Gasteiger partial charge in [0.2, 0.25) is 11.9 Å². The number of likely N-dealkylation sites (N-methyl/N-ethyl adjacent to an activating group) is 2. The highest BCUT2D eigenvalue weighted by Gasteiger charge is 2.33. The number of carbonyl (C=O) groups excluding carboxylic acids is 1. The van der Waals surface area contributed by atoms with E-state index in [9.17, 15) is 4.79 Å². The third-order valence-electron chi connectivity index (χ3n) is 7.72. The molecule has 0 aliphatic carbocycles. The Kier molecular flexibility index (Phi) is 7.15. The zero-order chi connectivity index (χ0) is 25.9. The van der Waals surface area contributed by atoms with Gasteiger partial charge in [-0.05, 0) is 49.7 Å². The molecule has 2 N–H and O–H groups in total. The van der Waals surface area contributed by atoms with Crippen LogP contribution in [0.1, 0.15) is 19.8 Å². The maximum Gasteiger partial charge on any atom is 0.236 e. The Morgan fingerprint density at radius 3 is 2.65 bits per heavy atom. The normalized spacial score (nSPS) is 20.6. The number of benzene rings is 1. The highest BCUT2D eigenvalue weighted by atomic mass is 16.2. The lowest BCUT2D eigenvalue weighted by atomic mass is 9.92. The van der Waals surface area contributed by atoms with Crippen molar-refractivity contribution in [2.45, 2.75) is 25.8 Å². The van der Waals surface area contributed by atoms with Crippen molar-refractivity contribution in [3.8, 4) is 6.07 Å². The maximum atomic E-state index is 12.4. The number of rotatable bonds is 6. The number of piperazine rings is 1. The van der Waals surface area contributed by atoms with Crippen LogP contribution in [0, 0.1) is 17.2 Å². The van der Waals surface area contributed by atoms with Crippen molar-refractivity contribution < 1.29 is 4.79 Å². The molecule has 37 heavy (non-hydrogen) atoms. The van der Waals surface area contributed by atoms with Gasteiger partial charge in [-0.15, -0.1) is 0 Å². The van der Waals surface area contributed by atoms with Gasteiger partial charge in [0.1, 0.15) is 17.9 Å². The Morgan fingerprint density at radius 1 is 1.16 bits per heavy atom. The summed E-state index contributed by atoms with van der Waals surface area (Å²) in [4.78, 5) is 34.0. The number of aromatic amines is 1. The number of hydrogen-bond donors (Lipinski definition) is 2. The number of nitrogens with zero attached hydrogens (tertiary/aromatic N) is 7. The van der Waals surface area contributed by atoms with Crippen molar-refractivity contribution in [2.75, 3.05) is 68.5 Å². The van der Waals surface area contributed by atoms with Gasteiger partial charge in [-0.3, -0.25) is 4.79 Å². The molecule has 2 fully saturated rings. The summed E-state index contributed by atoms with van der Waals surface area (Å²) in [6.07, 6.45) is 2.68. The van der Waals surface area contributed by atoms with Gasteiger partial charge in [0.05, 0.1) is 17.5 Å². The third kappa shape index (κ3) is 5.32. The predicted molar refractivity (Wildman–Crippen MR) is 146 cm³/mol. The van der Waals surface area contributed by atoms with Gasteiger partial charge in [0.25, 0.3) is 0 Å². The van der Waals surface area contributed by atoms with Gasteiger partial charge in [0, 0.05) is 63.9 Å². The second-order valence-electron chi connectivity index (χ2n) is 10.2. The molecule has 2 saturated heterocycles. The number of hydrogen-bond acceptors (Lipinski definition) is 8. The summed E-state index contributed by atoms with van der Waals surface area (Å²) in [5.41, 5.74) is 2.91. The largest absolute Gasteiger partial charge is 0.369 e. The zero-order valence-electron chi connectivity index (χ0n) is 21.8. The summed E-state index contributed by atoms with van der Waals surface area (Å²) in [6, 6.07) is 12.5. The summed E-state index contributed by atoms with van der Waals surface area (Å²) in [6.45, 7) is 7.68. The monoisotopic (exact) mass is 501 g/mol. The number of likely N-dealkylation sites (tertiary alicyclic amines) is 1. The molecular formula is C27H35N9O. The lowest BCUT2D eigenvalue weighted by Crippen LogP contribution is -2.52. The van der Waals surface area contributed by atoms with E-state index in [1.54, 1.807) is 4.90 Å². The Morgan fingerprint density at radius 2 is 1.92 bits per heavy atom. The number of carbonyl (C=O) groups is 1. The number of H-pyrrole nitrogens is 1. The highest BCUT2D eigenvalue weighted by molar-refractivity contribution is 5.89. The van der Waals surface area contributed by atoms with Crippen LogP contribution in [0.3, 0.4) is 0 Å². The van der Waals surface area contributed by atoms with Gasteiger partial charge in [-0.25, -0.2) is 0 Å². The van der Waals surface area contributed by atoms with Crippen LogP contribution in [0.5, 0.6) is 0 Å². The minimum Gasteiger partial charge on any atom is -0.369 e. The van der Waals surface area contributed by atoms with E-state index in [0.717, 1.165) is 55.1 Å². The molecule has 1 amide bonds. The fraction of sp³-hybridized carbons (Fsp3) is 0.481. The van der Waals surface area contributed by atoms with E-state index in [1.165, 1.54) is 5.69 Å². The molecule has 10 nitrogen and oxygen atoms in total. The molecule has 2 aliphatic rings. The van der Waals surface area contributed by atoms with E-state index < -0.39 is 0 Å². The van der Waals surface area contributed by atoms with Crippen molar-refractivity contribution in [3.05, 3.63) is 36.5 Å². The molecule has 10 heteroatoms. The van der Waals surface area contributed by atoms with Gasteiger partial charge in [-0.1, -0.05) is 6.92 Å². The van der Waals surface area contributed by atoms with Crippen LogP contribution in [0.2, 0.25) is 0 Å².